The molecule has 0 radical (unpaired) electrons. The highest BCUT2D eigenvalue weighted by molar-refractivity contribution is 5.80. The van der Waals surface area contributed by atoms with E-state index in [-0.39, 0.29) is 17.9 Å². The average molecular weight is 264 g/mol. The Morgan fingerprint density at radius 2 is 2.42 bits per heavy atom. The molecule has 104 valence electrons. The minimum Gasteiger partial charge on any atom is -0.497 e. The van der Waals surface area contributed by atoms with Gasteiger partial charge in [-0.3, -0.25) is 4.79 Å². The summed E-state index contributed by atoms with van der Waals surface area (Å²) >= 11 is 0. The highest BCUT2D eigenvalue weighted by atomic mass is 16.5. The third kappa shape index (κ3) is 3.17. The maximum atomic E-state index is 12.1. The number of amides is 1. The van der Waals surface area contributed by atoms with Gasteiger partial charge in [0, 0.05) is 12.6 Å². The van der Waals surface area contributed by atoms with Gasteiger partial charge < -0.3 is 20.5 Å². The zero-order valence-corrected chi connectivity index (χ0v) is 11.3. The summed E-state index contributed by atoms with van der Waals surface area (Å²) in [7, 11) is 1.62. The molecule has 1 aromatic rings. The Hall–Kier alpha value is -1.75. The SMILES string of the molecule is COc1ccc2c(c1)CC(C(=O)N[C@@H](C)CN)CO2. The summed E-state index contributed by atoms with van der Waals surface area (Å²) in [5.41, 5.74) is 6.51. The third-order valence-corrected chi connectivity index (χ3v) is 3.29. The van der Waals surface area contributed by atoms with E-state index >= 15 is 0 Å². The Bertz CT molecular complexity index is 462. The number of methoxy groups -OCH3 is 1. The summed E-state index contributed by atoms with van der Waals surface area (Å²) in [6.45, 7) is 2.73. The number of carbonyl (C=O) groups excluding carboxylic acids is 1. The van der Waals surface area contributed by atoms with Gasteiger partial charge in [0.15, 0.2) is 0 Å². The largest absolute Gasteiger partial charge is 0.497 e. The predicted octanol–water partition coefficient (Wildman–Crippen LogP) is 0.710. The van der Waals surface area contributed by atoms with Gasteiger partial charge in [0.1, 0.15) is 18.1 Å². The van der Waals surface area contributed by atoms with E-state index in [0.717, 1.165) is 17.1 Å². The first kappa shape index (κ1) is 13.7. The standard InChI is InChI=1S/C14H20N2O3/c1-9(7-15)16-14(17)11-5-10-6-12(18-2)3-4-13(10)19-8-11/h3-4,6,9,11H,5,7-8,15H2,1-2H3,(H,16,17)/t9-,11?/m0/s1. The van der Waals surface area contributed by atoms with Crippen LogP contribution in [0.1, 0.15) is 12.5 Å². The van der Waals surface area contributed by atoms with E-state index in [4.69, 9.17) is 15.2 Å². The van der Waals surface area contributed by atoms with Crippen molar-refractivity contribution < 1.29 is 14.3 Å². The molecule has 1 aliphatic heterocycles. The number of nitrogens with two attached hydrogens (primary N) is 1. The van der Waals surface area contributed by atoms with Crippen molar-refractivity contribution >= 4 is 5.91 Å². The van der Waals surface area contributed by atoms with Gasteiger partial charge in [0.05, 0.1) is 13.0 Å². The second kappa shape index (κ2) is 5.93. The van der Waals surface area contributed by atoms with Gasteiger partial charge >= 0.3 is 0 Å². The lowest BCUT2D eigenvalue weighted by Gasteiger charge is -2.26. The van der Waals surface area contributed by atoms with Crippen LogP contribution in [0.4, 0.5) is 0 Å². The van der Waals surface area contributed by atoms with Crippen molar-refractivity contribution in [1.82, 2.24) is 5.32 Å². The van der Waals surface area contributed by atoms with Crippen LogP contribution in [-0.2, 0) is 11.2 Å². The quantitative estimate of drug-likeness (QED) is 0.840. The Morgan fingerprint density at radius 3 is 3.11 bits per heavy atom. The first-order valence-electron chi connectivity index (χ1n) is 6.44. The van der Waals surface area contributed by atoms with Crippen molar-refractivity contribution in [3.63, 3.8) is 0 Å². The van der Waals surface area contributed by atoms with E-state index in [2.05, 4.69) is 5.32 Å². The molecule has 5 heteroatoms. The summed E-state index contributed by atoms with van der Waals surface area (Å²) in [6.07, 6.45) is 0.662. The molecule has 1 aromatic carbocycles. The van der Waals surface area contributed by atoms with Crippen molar-refractivity contribution in [2.45, 2.75) is 19.4 Å². The predicted molar refractivity (Wildman–Crippen MR) is 72.3 cm³/mol. The Labute approximate surface area is 113 Å². The van der Waals surface area contributed by atoms with Crippen molar-refractivity contribution in [3.05, 3.63) is 23.8 Å². The average Bonchev–Trinajstić information content (AvgIpc) is 2.45. The van der Waals surface area contributed by atoms with Crippen LogP contribution >= 0.6 is 0 Å². The highest BCUT2D eigenvalue weighted by Crippen LogP contribution is 2.30. The smallest absolute Gasteiger partial charge is 0.227 e. The molecule has 0 aliphatic carbocycles. The lowest BCUT2D eigenvalue weighted by molar-refractivity contribution is -0.126. The fraction of sp³-hybridized carbons (Fsp3) is 0.500. The minimum atomic E-state index is -0.173. The molecule has 0 saturated carbocycles. The zero-order valence-electron chi connectivity index (χ0n) is 11.3. The fourth-order valence-corrected chi connectivity index (χ4v) is 2.09. The van der Waals surface area contributed by atoms with Crippen molar-refractivity contribution in [1.29, 1.82) is 0 Å². The molecule has 1 heterocycles. The third-order valence-electron chi connectivity index (χ3n) is 3.29. The number of hydrogen-bond acceptors (Lipinski definition) is 4. The first-order chi connectivity index (χ1) is 9.13. The maximum Gasteiger partial charge on any atom is 0.227 e. The fourth-order valence-electron chi connectivity index (χ4n) is 2.09. The van der Waals surface area contributed by atoms with Gasteiger partial charge in [0.25, 0.3) is 0 Å². The molecule has 2 atom stereocenters. The molecular formula is C14H20N2O3. The summed E-state index contributed by atoms with van der Waals surface area (Å²) < 4.78 is 10.8. The molecule has 1 unspecified atom stereocenters. The number of benzene rings is 1. The van der Waals surface area contributed by atoms with Gasteiger partial charge in [-0.1, -0.05) is 0 Å². The highest BCUT2D eigenvalue weighted by Gasteiger charge is 2.26. The van der Waals surface area contributed by atoms with Crippen molar-refractivity contribution in [2.75, 3.05) is 20.3 Å². The Balaban J connectivity index is 2.06. The molecule has 1 amide bonds. The number of rotatable bonds is 4. The van der Waals surface area contributed by atoms with E-state index in [1.54, 1.807) is 7.11 Å². The number of carbonyl (C=O) groups is 1. The van der Waals surface area contributed by atoms with Crippen molar-refractivity contribution in [3.8, 4) is 11.5 Å². The van der Waals surface area contributed by atoms with Crippen LogP contribution in [-0.4, -0.2) is 32.2 Å². The van der Waals surface area contributed by atoms with E-state index in [0.29, 0.717) is 19.6 Å². The van der Waals surface area contributed by atoms with Crippen LogP contribution in [0.3, 0.4) is 0 Å². The number of nitrogens with one attached hydrogen (secondary N) is 1. The molecule has 0 saturated heterocycles. The Morgan fingerprint density at radius 1 is 1.63 bits per heavy atom. The molecule has 0 spiro atoms. The minimum absolute atomic E-state index is 0.00794. The summed E-state index contributed by atoms with van der Waals surface area (Å²) in [6, 6.07) is 5.64. The molecule has 0 fully saturated rings. The number of ether oxygens (including phenoxy) is 2. The molecule has 2 rings (SSSR count). The molecule has 3 N–H and O–H groups in total. The second-order valence-corrected chi connectivity index (χ2v) is 4.83. The molecule has 19 heavy (non-hydrogen) atoms. The van der Waals surface area contributed by atoms with Gasteiger partial charge in [0.2, 0.25) is 5.91 Å². The second-order valence-electron chi connectivity index (χ2n) is 4.83. The van der Waals surface area contributed by atoms with Crippen LogP contribution in [0.25, 0.3) is 0 Å². The van der Waals surface area contributed by atoms with Crippen molar-refractivity contribution in [2.24, 2.45) is 11.7 Å². The maximum absolute atomic E-state index is 12.1. The first-order valence-corrected chi connectivity index (χ1v) is 6.44. The van der Waals surface area contributed by atoms with Crippen LogP contribution < -0.4 is 20.5 Å². The van der Waals surface area contributed by atoms with Crippen LogP contribution in [0.5, 0.6) is 11.5 Å². The lowest BCUT2D eigenvalue weighted by atomic mass is 9.95. The van der Waals surface area contributed by atoms with E-state index < -0.39 is 0 Å². The zero-order chi connectivity index (χ0) is 13.8. The molecule has 1 aliphatic rings. The molecule has 0 aromatic heterocycles. The topological polar surface area (TPSA) is 73.6 Å². The number of hydrogen-bond donors (Lipinski definition) is 2. The van der Waals surface area contributed by atoms with Crippen LogP contribution in [0, 0.1) is 5.92 Å². The normalized spacial score (nSPS) is 19.0. The monoisotopic (exact) mass is 264 g/mol. The lowest BCUT2D eigenvalue weighted by Crippen LogP contribution is -2.44. The van der Waals surface area contributed by atoms with Crippen LogP contribution in [0.15, 0.2) is 18.2 Å². The Kier molecular flexibility index (Phi) is 4.27. The molecule has 0 bridgehead atoms. The summed E-state index contributed by atoms with van der Waals surface area (Å²) in [5, 5.41) is 2.88. The number of fused-ring (bicyclic) bond motifs is 1. The summed E-state index contributed by atoms with van der Waals surface area (Å²) in [4.78, 5) is 12.1. The van der Waals surface area contributed by atoms with E-state index in [1.807, 2.05) is 25.1 Å². The van der Waals surface area contributed by atoms with E-state index in [9.17, 15) is 4.79 Å². The van der Waals surface area contributed by atoms with E-state index in [1.165, 1.54) is 0 Å². The molecule has 5 nitrogen and oxygen atoms in total. The van der Waals surface area contributed by atoms with Gasteiger partial charge in [-0.25, -0.2) is 0 Å². The van der Waals surface area contributed by atoms with Gasteiger partial charge in [-0.2, -0.15) is 0 Å². The molecular weight excluding hydrogens is 244 g/mol. The van der Waals surface area contributed by atoms with Gasteiger partial charge in [-0.05, 0) is 37.1 Å². The summed E-state index contributed by atoms with van der Waals surface area (Å²) in [5.74, 6) is 1.43. The van der Waals surface area contributed by atoms with Crippen LogP contribution in [0.2, 0.25) is 0 Å². The van der Waals surface area contributed by atoms with Gasteiger partial charge in [-0.15, -0.1) is 0 Å².